The van der Waals surface area contributed by atoms with Gasteiger partial charge in [-0.25, -0.2) is 9.59 Å². The van der Waals surface area contributed by atoms with E-state index in [0.29, 0.717) is 6.42 Å². The van der Waals surface area contributed by atoms with Crippen LogP contribution in [0.1, 0.15) is 29.3 Å². The minimum Gasteiger partial charge on any atom is -0.472 e. The Kier molecular flexibility index (Phi) is 8.13. The maximum Gasteiger partial charge on any atom is 0.352 e. The van der Waals surface area contributed by atoms with Gasteiger partial charge in [0.15, 0.2) is 11.9 Å². The topological polar surface area (TPSA) is 105 Å². The molecule has 0 spiro atoms. The SMILES string of the molecule is CC(Oc1ccccc1[N+](=O)[O-])C(=O)Oc1cccc(C(=O)OCCCc2ccccc2)c1. The van der Waals surface area contributed by atoms with Crippen LogP contribution in [0.25, 0.3) is 0 Å². The molecule has 0 fully saturated rings. The fourth-order valence-electron chi connectivity index (χ4n) is 3.00. The van der Waals surface area contributed by atoms with Crippen molar-refractivity contribution in [2.24, 2.45) is 0 Å². The summed E-state index contributed by atoms with van der Waals surface area (Å²) >= 11 is 0. The van der Waals surface area contributed by atoms with Gasteiger partial charge in [-0.2, -0.15) is 0 Å². The number of carbonyl (C=O) groups is 2. The van der Waals surface area contributed by atoms with Crippen molar-refractivity contribution in [1.29, 1.82) is 0 Å². The summed E-state index contributed by atoms with van der Waals surface area (Å²) in [5.41, 5.74) is 1.15. The fraction of sp³-hybridized carbons (Fsp3) is 0.200. The second-order valence-electron chi connectivity index (χ2n) is 7.16. The molecule has 0 heterocycles. The summed E-state index contributed by atoms with van der Waals surface area (Å²) in [5, 5.41) is 11.1. The number of rotatable bonds is 10. The van der Waals surface area contributed by atoms with Crippen LogP contribution in [0.15, 0.2) is 78.9 Å². The number of nitrogens with zero attached hydrogens (tertiary/aromatic N) is 1. The van der Waals surface area contributed by atoms with Gasteiger partial charge in [-0.05, 0) is 49.6 Å². The number of benzene rings is 3. The number of hydrogen-bond donors (Lipinski definition) is 0. The van der Waals surface area contributed by atoms with E-state index in [1.54, 1.807) is 18.2 Å². The normalized spacial score (nSPS) is 11.3. The van der Waals surface area contributed by atoms with Crippen molar-refractivity contribution in [2.75, 3.05) is 6.61 Å². The Bertz CT molecular complexity index is 1110. The maximum atomic E-state index is 12.4. The van der Waals surface area contributed by atoms with Gasteiger partial charge in [0.2, 0.25) is 0 Å². The molecule has 0 amide bonds. The van der Waals surface area contributed by atoms with Gasteiger partial charge in [-0.3, -0.25) is 10.1 Å². The Hall–Kier alpha value is -4.20. The zero-order valence-electron chi connectivity index (χ0n) is 18.0. The lowest BCUT2D eigenvalue weighted by Gasteiger charge is -2.14. The first-order valence-electron chi connectivity index (χ1n) is 10.4. The zero-order chi connectivity index (χ0) is 23.6. The molecular formula is C25H23NO7. The van der Waals surface area contributed by atoms with Crippen LogP contribution in [0.4, 0.5) is 5.69 Å². The van der Waals surface area contributed by atoms with Crippen molar-refractivity contribution >= 4 is 17.6 Å². The lowest BCUT2D eigenvalue weighted by Crippen LogP contribution is -2.28. The van der Waals surface area contributed by atoms with E-state index < -0.39 is 23.0 Å². The number of aryl methyl sites for hydroxylation is 1. The molecule has 0 bridgehead atoms. The summed E-state index contributed by atoms with van der Waals surface area (Å²) in [6, 6.07) is 21.7. The standard InChI is InChI=1S/C25H23NO7/c1-18(32-23-15-6-5-14-22(23)26(29)30)24(27)33-21-13-7-12-20(17-21)25(28)31-16-8-11-19-9-3-2-4-10-19/h2-7,9-10,12-15,17-18H,8,11,16H2,1H3. The van der Waals surface area contributed by atoms with E-state index in [2.05, 4.69) is 0 Å². The van der Waals surface area contributed by atoms with E-state index in [0.717, 1.165) is 6.42 Å². The van der Waals surface area contributed by atoms with E-state index in [-0.39, 0.29) is 29.4 Å². The molecule has 0 aliphatic rings. The fourth-order valence-corrected chi connectivity index (χ4v) is 3.00. The highest BCUT2D eigenvalue weighted by atomic mass is 16.6. The van der Waals surface area contributed by atoms with E-state index in [4.69, 9.17) is 14.2 Å². The van der Waals surface area contributed by atoms with E-state index in [1.165, 1.54) is 42.8 Å². The molecule has 0 aliphatic heterocycles. The number of nitro groups is 1. The molecule has 8 nitrogen and oxygen atoms in total. The lowest BCUT2D eigenvalue weighted by atomic mass is 10.1. The molecule has 0 saturated heterocycles. The van der Waals surface area contributed by atoms with Gasteiger partial charge in [0.05, 0.1) is 17.1 Å². The zero-order valence-corrected chi connectivity index (χ0v) is 18.0. The minimum absolute atomic E-state index is 0.0419. The highest BCUT2D eigenvalue weighted by Crippen LogP contribution is 2.27. The third-order valence-corrected chi connectivity index (χ3v) is 4.67. The van der Waals surface area contributed by atoms with Crippen LogP contribution in [0.2, 0.25) is 0 Å². The van der Waals surface area contributed by atoms with Crippen molar-refractivity contribution in [3.63, 3.8) is 0 Å². The Morgan fingerprint density at radius 1 is 0.970 bits per heavy atom. The second kappa shape index (κ2) is 11.4. The van der Waals surface area contributed by atoms with Crippen LogP contribution in [0.5, 0.6) is 11.5 Å². The Balaban J connectivity index is 1.53. The molecule has 3 aromatic carbocycles. The number of nitro benzene ring substituents is 1. The van der Waals surface area contributed by atoms with Crippen LogP contribution < -0.4 is 9.47 Å². The van der Waals surface area contributed by atoms with Gasteiger partial charge in [-0.15, -0.1) is 0 Å². The van der Waals surface area contributed by atoms with Gasteiger partial charge in [-0.1, -0.05) is 48.5 Å². The molecule has 0 N–H and O–H groups in total. The van der Waals surface area contributed by atoms with E-state index >= 15 is 0 Å². The number of para-hydroxylation sites is 2. The van der Waals surface area contributed by atoms with Crippen LogP contribution in [0, 0.1) is 10.1 Å². The molecule has 1 unspecified atom stereocenters. The highest BCUT2D eigenvalue weighted by molar-refractivity contribution is 5.90. The first-order valence-corrected chi connectivity index (χ1v) is 10.4. The summed E-state index contributed by atoms with van der Waals surface area (Å²) in [7, 11) is 0. The second-order valence-corrected chi connectivity index (χ2v) is 7.16. The molecule has 0 saturated carbocycles. The first-order chi connectivity index (χ1) is 15.9. The van der Waals surface area contributed by atoms with Crippen LogP contribution >= 0.6 is 0 Å². The largest absolute Gasteiger partial charge is 0.472 e. The Labute approximate surface area is 190 Å². The van der Waals surface area contributed by atoms with Crippen molar-refractivity contribution < 1.29 is 28.7 Å². The quantitative estimate of drug-likeness (QED) is 0.144. The average molecular weight is 449 g/mol. The van der Waals surface area contributed by atoms with Gasteiger partial charge < -0.3 is 14.2 Å². The predicted octanol–water partition coefficient (Wildman–Crippen LogP) is 4.76. The maximum absolute atomic E-state index is 12.4. The van der Waals surface area contributed by atoms with Crippen LogP contribution in [0.3, 0.4) is 0 Å². The number of ether oxygens (including phenoxy) is 3. The molecule has 3 rings (SSSR count). The Morgan fingerprint density at radius 3 is 2.45 bits per heavy atom. The number of carbonyl (C=O) groups excluding carboxylic acids is 2. The lowest BCUT2D eigenvalue weighted by molar-refractivity contribution is -0.386. The van der Waals surface area contributed by atoms with Crippen LogP contribution in [-0.4, -0.2) is 29.6 Å². The highest BCUT2D eigenvalue weighted by Gasteiger charge is 2.22. The molecular weight excluding hydrogens is 426 g/mol. The molecule has 3 aromatic rings. The molecule has 0 radical (unpaired) electrons. The smallest absolute Gasteiger partial charge is 0.352 e. The summed E-state index contributed by atoms with van der Waals surface area (Å²) in [6.07, 6.45) is 0.369. The average Bonchev–Trinajstić information content (AvgIpc) is 2.82. The van der Waals surface area contributed by atoms with Gasteiger partial charge in [0, 0.05) is 6.07 Å². The van der Waals surface area contributed by atoms with Crippen molar-refractivity contribution in [1.82, 2.24) is 0 Å². The minimum atomic E-state index is -1.11. The van der Waals surface area contributed by atoms with Crippen molar-refractivity contribution in [3.8, 4) is 11.5 Å². The molecule has 0 aliphatic carbocycles. The van der Waals surface area contributed by atoms with Crippen LogP contribution in [-0.2, 0) is 16.0 Å². The van der Waals surface area contributed by atoms with E-state index in [9.17, 15) is 19.7 Å². The number of hydrogen-bond acceptors (Lipinski definition) is 7. The summed E-state index contributed by atoms with van der Waals surface area (Å²) in [5.74, 6) is -1.19. The monoisotopic (exact) mass is 449 g/mol. The number of esters is 2. The summed E-state index contributed by atoms with van der Waals surface area (Å²) < 4.78 is 16.0. The van der Waals surface area contributed by atoms with Gasteiger partial charge >= 0.3 is 17.6 Å². The molecule has 1 atom stereocenters. The van der Waals surface area contributed by atoms with Gasteiger partial charge in [0.25, 0.3) is 0 Å². The van der Waals surface area contributed by atoms with E-state index in [1.807, 2.05) is 30.3 Å². The summed E-state index contributed by atoms with van der Waals surface area (Å²) in [4.78, 5) is 35.2. The summed E-state index contributed by atoms with van der Waals surface area (Å²) in [6.45, 7) is 1.68. The molecule has 170 valence electrons. The Morgan fingerprint density at radius 2 is 1.70 bits per heavy atom. The van der Waals surface area contributed by atoms with Crippen molar-refractivity contribution in [3.05, 3.63) is 100 Å². The van der Waals surface area contributed by atoms with Gasteiger partial charge in [0.1, 0.15) is 5.75 Å². The third-order valence-electron chi connectivity index (χ3n) is 4.67. The van der Waals surface area contributed by atoms with Crippen molar-refractivity contribution in [2.45, 2.75) is 25.9 Å². The molecule has 0 aromatic heterocycles. The first kappa shape index (κ1) is 23.5. The predicted molar refractivity (Wildman–Crippen MR) is 120 cm³/mol. The molecule has 8 heteroatoms. The molecule has 33 heavy (non-hydrogen) atoms. The third kappa shape index (κ3) is 6.90.